The summed E-state index contributed by atoms with van der Waals surface area (Å²) in [5, 5.41) is 9.56. The maximum absolute atomic E-state index is 12.2. The van der Waals surface area contributed by atoms with E-state index >= 15 is 0 Å². The lowest BCUT2D eigenvalue weighted by atomic mass is 10.0. The van der Waals surface area contributed by atoms with Crippen LogP contribution in [0.2, 0.25) is 0 Å². The zero-order valence-electron chi connectivity index (χ0n) is 30.6. The number of carbonyl (C=O) groups excluding carboxylic acids is 1. The Morgan fingerprint density at radius 2 is 0.978 bits per heavy atom. The molecule has 0 aromatic carbocycles. The quantitative estimate of drug-likeness (QED) is 0.0419. The fraction of sp³-hybridized carbons (Fsp3) is 0.786. The highest BCUT2D eigenvalue weighted by Crippen LogP contribution is 2.14. The first kappa shape index (κ1) is 44.4. The zero-order chi connectivity index (χ0) is 33.4. The van der Waals surface area contributed by atoms with Crippen molar-refractivity contribution in [3.63, 3.8) is 0 Å². The maximum Gasteiger partial charge on any atom is 0.306 e. The molecule has 0 aromatic heterocycles. The molecule has 1 N–H and O–H groups in total. The number of rotatable bonds is 36. The Balaban J connectivity index is 3.44. The molecule has 0 aliphatic rings. The van der Waals surface area contributed by atoms with Crippen LogP contribution < -0.4 is 0 Å². The van der Waals surface area contributed by atoms with Crippen LogP contribution >= 0.6 is 0 Å². The Kier molecular flexibility index (Phi) is 38.1. The topological polar surface area (TPSA) is 55.8 Å². The van der Waals surface area contributed by atoms with Crippen LogP contribution in [0.3, 0.4) is 0 Å². The molecule has 4 heteroatoms. The lowest BCUT2D eigenvalue weighted by molar-refractivity contribution is -0.154. The van der Waals surface area contributed by atoms with Crippen LogP contribution in [-0.4, -0.2) is 37.0 Å². The van der Waals surface area contributed by atoms with Gasteiger partial charge in [-0.25, -0.2) is 0 Å². The summed E-state index contributed by atoms with van der Waals surface area (Å²) >= 11 is 0. The van der Waals surface area contributed by atoms with Gasteiger partial charge in [-0.1, -0.05) is 178 Å². The Labute approximate surface area is 286 Å². The largest absolute Gasteiger partial charge is 0.457 e. The third-order valence-corrected chi connectivity index (χ3v) is 8.42. The first-order valence-electron chi connectivity index (χ1n) is 19.7. The minimum absolute atomic E-state index is 0.172. The van der Waals surface area contributed by atoms with Crippen LogP contribution in [0.1, 0.15) is 187 Å². The van der Waals surface area contributed by atoms with Gasteiger partial charge in [-0.15, -0.1) is 0 Å². The van der Waals surface area contributed by atoms with Gasteiger partial charge in [0, 0.05) is 13.0 Å². The van der Waals surface area contributed by atoms with E-state index in [1.165, 1.54) is 122 Å². The zero-order valence-corrected chi connectivity index (χ0v) is 30.6. The standard InChI is InChI=1S/C42H76O4/c1-3-5-7-9-11-13-15-16-17-18-19-20-21-22-23-24-25-26-27-29-31-33-35-37-42(44)46-41(39-43)40-45-38-36-34-32-30-28-14-12-10-8-6-4-2/h5,7,11,13,16-17,19-20,41,43H,3-4,6,8-10,12,14-15,18,21-40H2,1-2H3/b7-5-,13-11-,17-16-,20-19-. The summed E-state index contributed by atoms with van der Waals surface area (Å²) < 4.78 is 11.1. The third-order valence-electron chi connectivity index (χ3n) is 8.42. The first-order chi connectivity index (χ1) is 22.7. The minimum Gasteiger partial charge on any atom is -0.457 e. The molecule has 0 heterocycles. The van der Waals surface area contributed by atoms with Gasteiger partial charge in [-0.2, -0.15) is 0 Å². The third kappa shape index (κ3) is 36.8. The highest BCUT2D eigenvalue weighted by molar-refractivity contribution is 5.69. The van der Waals surface area contributed by atoms with Crippen molar-refractivity contribution in [3.8, 4) is 0 Å². The van der Waals surface area contributed by atoms with E-state index in [-0.39, 0.29) is 12.6 Å². The number of unbranched alkanes of at least 4 members (excludes halogenated alkanes) is 20. The molecule has 4 nitrogen and oxygen atoms in total. The number of allylic oxidation sites excluding steroid dienone is 8. The molecule has 0 aliphatic heterocycles. The molecule has 0 aliphatic carbocycles. The Morgan fingerprint density at radius 1 is 0.543 bits per heavy atom. The van der Waals surface area contributed by atoms with Gasteiger partial charge in [-0.05, 0) is 51.4 Å². The number of aliphatic hydroxyl groups excluding tert-OH is 1. The van der Waals surface area contributed by atoms with Crippen LogP contribution in [0.15, 0.2) is 48.6 Å². The summed E-state index contributed by atoms with van der Waals surface area (Å²) in [7, 11) is 0. The molecule has 1 atom stereocenters. The van der Waals surface area contributed by atoms with Crippen LogP contribution in [0, 0.1) is 0 Å². The fourth-order valence-electron chi connectivity index (χ4n) is 5.50. The van der Waals surface area contributed by atoms with Gasteiger partial charge in [0.15, 0.2) is 0 Å². The predicted octanol–water partition coefficient (Wildman–Crippen LogP) is 12.7. The van der Waals surface area contributed by atoms with Gasteiger partial charge in [-0.3, -0.25) is 4.79 Å². The number of carbonyl (C=O) groups is 1. The molecule has 0 aromatic rings. The Bertz CT molecular complexity index is 723. The van der Waals surface area contributed by atoms with Crippen molar-refractivity contribution in [2.75, 3.05) is 19.8 Å². The smallest absolute Gasteiger partial charge is 0.306 e. The van der Waals surface area contributed by atoms with Crippen LogP contribution in [-0.2, 0) is 14.3 Å². The van der Waals surface area contributed by atoms with Gasteiger partial charge in [0.2, 0.25) is 0 Å². The monoisotopic (exact) mass is 645 g/mol. The summed E-state index contributed by atoms with van der Waals surface area (Å²) in [6.45, 7) is 5.23. The van der Waals surface area contributed by atoms with Gasteiger partial charge < -0.3 is 14.6 Å². The lowest BCUT2D eigenvalue weighted by Crippen LogP contribution is -2.27. The second kappa shape index (κ2) is 39.5. The van der Waals surface area contributed by atoms with E-state index in [0.717, 1.165) is 44.9 Å². The molecule has 1 unspecified atom stereocenters. The van der Waals surface area contributed by atoms with Crippen LogP contribution in [0.5, 0.6) is 0 Å². The van der Waals surface area contributed by atoms with Gasteiger partial charge >= 0.3 is 5.97 Å². The number of hydrogen-bond donors (Lipinski definition) is 1. The summed E-state index contributed by atoms with van der Waals surface area (Å²) in [6.07, 6.45) is 50.1. The van der Waals surface area contributed by atoms with Crippen LogP contribution in [0.25, 0.3) is 0 Å². The molecule has 0 spiro atoms. The normalized spacial score (nSPS) is 12.8. The molecule has 46 heavy (non-hydrogen) atoms. The van der Waals surface area contributed by atoms with E-state index < -0.39 is 6.10 Å². The highest BCUT2D eigenvalue weighted by Gasteiger charge is 2.13. The van der Waals surface area contributed by atoms with Crippen molar-refractivity contribution >= 4 is 5.97 Å². The van der Waals surface area contributed by atoms with Crippen molar-refractivity contribution in [1.82, 2.24) is 0 Å². The van der Waals surface area contributed by atoms with E-state index in [1.54, 1.807) is 0 Å². The van der Waals surface area contributed by atoms with Gasteiger partial charge in [0.1, 0.15) is 6.10 Å². The molecular formula is C42H76O4. The van der Waals surface area contributed by atoms with E-state index in [1.807, 2.05) is 0 Å². The maximum atomic E-state index is 12.2. The summed E-state index contributed by atoms with van der Waals surface area (Å²) in [6, 6.07) is 0. The van der Waals surface area contributed by atoms with E-state index in [4.69, 9.17) is 9.47 Å². The molecule has 0 fully saturated rings. The first-order valence-corrected chi connectivity index (χ1v) is 19.7. The fourth-order valence-corrected chi connectivity index (χ4v) is 5.50. The second-order valence-corrected chi connectivity index (χ2v) is 13.0. The Hall–Kier alpha value is -1.65. The summed E-state index contributed by atoms with van der Waals surface area (Å²) in [4.78, 5) is 12.2. The minimum atomic E-state index is -0.533. The molecule has 0 saturated heterocycles. The van der Waals surface area contributed by atoms with E-state index in [2.05, 4.69) is 62.5 Å². The average molecular weight is 645 g/mol. The van der Waals surface area contributed by atoms with E-state index in [0.29, 0.717) is 19.6 Å². The predicted molar refractivity (Wildman–Crippen MR) is 200 cm³/mol. The van der Waals surface area contributed by atoms with Crippen LogP contribution in [0.4, 0.5) is 0 Å². The lowest BCUT2D eigenvalue weighted by Gasteiger charge is -2.16. The van der Waals surface area contributed by atoms with Crippen molar-refractivity contribution < 1.29 is 19.4 Å². The van der Waals surface area contributed by atoms with Crippen molar-refractivity contribution in [2.24, 2.45) is 0 Å². The number of ether oxygens (including phenoxy) is 2. The molecule has 0 radical (unpaired) electrons. The molecular weight excluding hydrogens is 568 g/mol. The average Bonchev–Trinajstić information content (AvgIpc) is 3.06. The number of hydrogen-bond acceptors (Lipinski definition) is 4. The Morgan fingerprint density at radius 3 is 1.48 bits per heavy atom. The highest BCUT2D eigenvalue weighted by atomic mass is 16.6. The van der Waals surface area contributed by atoms with E-state index in [9.17, 15) is 9.90 Å². The van der Waals surface area contributed by atoms with Crippen molar-refractivity contribution in [3.05, 3.63) is 48.6 Å². The summed E-state index contributed by atoms with van der Waals surface area (Å²) in [5.74, 6) is -0.206. The number of aliphatic hydroxyl groups is 1. The molecule has 268 valence electrons. The molecule has 0 amide bonds. The van der Waals surface area contributed by atoms with Gasteiger partial charge in [0.25, 0.3) is 0 Å². The summed E-state index contributed by atoms with van der Waals surface area (Å²) in [5.41, 5.74) is 0. The molecule has 0 saturated carbocycles. The number of esters is 1. The molecule has 0 rings (SSSR count). The van der Waals surface area contributed by atoms with Crippen molar-refractivity contribution in [2.45, 2.75) is 193 Å². The molecule has 0 bridgehead atoms. The second-order valence-electron chi connectivity index (χ2n) is 13.0. The van der Waals surface area contributed by atoms with Crippen molar-refractivity contribution in [1.29, 1.82) is 0 Å². The SMILES string of the molecule is CC/C=C\C/C=C\C/C=C\C/C=C\CCCCCCCCCCCCC(=O)OC(CO)COCCCCCCCCCCCCC. The van der Waals surface area contributed by atoms with Gasteiger partial charge in [0.05, 0.1) is 13.2 Å².